The number of amides is 1. The van der Waals surface area contributed by atoms with Gasteiger partial charge in [-0.05, 0) is 24.6 Å². The van der Waals surface area contributed by atoms with Gasteiger partial charge in [0.25, 0.3) is 0 Å². The molecular weight excluding hydrogens is 314 g/mol. The lowest BCUT2D eigenvalue weighted by molar-refractivity contribution is -0.126. The predicted molar refractivity (Wildman–Crippen MR) is 88.4 cm³/mol. The zero-order valence-corrected chi connectivity index (χ0v) is 13.5. The number of carbonyl (C=O) groups excluding carboxylic acids is 1. The Bertz CT molecular complexity index is 877. The average molecular weight is 331 g/mol. The van der Waals surface area contributed by atoms with Gasteiger partial charge in [-0.1, -0.05) is 12.1 Å². The Morgan fingerprint density at radius 3 is 2.74 bits per heavy atom. The molecule has 1 atom stereocenters. The van der Waals surface area contributed by atoms with Crippen molar-refractivity contribution in [1.29, 1.82) is 0 Å². The minimum Gasteiger partial charge on any atom is -0.338 e. The van der Waals surface area contributed by atoms with Crippen LogP contribution in [-0.4, -0.2) is 53.8 Å². The molecule has 7 heteroatoms. The van der Waals surface area contributed by atoms with Gasteiger partial charge in [-0.3, -0.25) is 9.78 Å². The molecule has 2 aromatic rings. The lowest BCUT2D eigenvalue weighted by Crippen LogP contribution is -2.36. The van der Waals surface area contributed by atoms with Crippen LogP contribution in [0, 0.1) is 0 Å². The number of aromatic nitrogens is 2. The maximum absolute atomic E-state index is 12.2. The van der Waals surface area contributed by atoms with Crippen LogP contribution < -0.4 is 0 Å². The summed E-state index contributed by atoms with van der Waals surface area (Å²) in [5.74, 6) is -0.0457. The first kappa shape index (κ1) is 15.6. The Labute approximate surface area is 134 Å². The smallest absolute Gasteiger partial charge is 0.246 e. The first-order chi connectivity index (χ1) is 10.9. The Morgan fingerprint density at radius 2 is 2.04 bits per heavy atom. The number of rotatable bonds is 3. The van der Waals surface area contributed by atoms with Crippen molar-refractivity contribution in [2.75, 3.05) is 18.6 Å². The summed E-state index contributed by atoms with van der Waals surface area (Å²) in [5.41, 5.74) is 2.14. The van der Waals surface area contributed by atoms with Gasteiger partial charge in [0.05, 0.1) is 34.4 Å². The van der Waals surface area contributed by atoms with Crippen molar-refractivity contribution < 1.29 is 13.2 Å². The van der Waals surface area contributed by atoms with Crippen LogP contribution >= 0.6 is 0 Å². The Balaban J connectivity index is 1.72. The summed E-state index contributed by atoms with van der Waals surface area (Å²) in [5, 5.41) is 0. The first-order valence-electron chi connectivity index (χ1n) is 7.32. The van der Waals surface area contributed by atoms with Crippen molar-refractivity contribution in [2.24, 2.45) is 0 Å². The third kappa shape index (κ3) is 3.56. The number of hydrogen-bond donors (Lipinski definition) is 0. The van der Waals surface area contributed by atoms with Gasteiger partial charge in [0.15, 0.2) is 9.84 Å². The maximum atomic E-state index is 12.2. The average Bonchev–Trinajstić information content (AvgIpc) is 2.91. The monoisotopic (exact) mass is 331 g/mol. The fourth-order valence-electron chi connectivity index (χ4n) is 2.59. The maximum Gasteiger partial charge on any atom is 0.246 e. The summed E-state index contributed by atoms with van der Waals surface area (Å²) < 4.78 is 23.0. The number of carbonyl (C=O) groups is 1. The Kier molecular flexibility index (Phi) is 4.12. The number of hydrogen-bond acceptors (Lipinski definition) is 5. The summed E-state index contributed by atoms with van der Waals surface area (Å²) in [6, 6.07) is 7.25. The molecule has 2 heterocycles. The van der Waals surface area contributed by atoms with Crippen LogP contribution in [0.15, 0.2) is 36.5 Å². The molecule has 0 unspecified atom stereocenters. The number of benzene rings is 1. The molecule has 1 saturated heterocycles. The molecule has 1 amide bonds. The molecule has 1 aliphatic heterocycles. The van der Waals surface area contributed by atoms with Gasteiger partial charge < -0.3 is 4.90 Å². The highest BCUT2D eigenvalue weighted by Crippen LogP contribution is 2.17. The molecule has 1 aromatic heterocycles. The predicted octanol–water partition coefficient (Wildman–Crippen LogP) is 1.29. The summed E-state index contributed by atoms with van der Waals surface area (Å²) in [4.78, 5) is 22.3. The lowest BCUT2D eigenvalue weighted by atomic mass is 10.2. The zero-order chi connectivity index (χ0) is 16.4. The van der Waals surface area contributed by atoms with E-state index in [-0.39, 0.29) is 23.5 Å². The summed E-state index contributed by atoms with van der Waals surface area (Å²) in [7, 11) is -1.38. The molecule has 1 aromatic carbocycles. The summed E-state index contributed by atoms with van der Waals surface area (Å²) in [6.45, 7) is 0. The van der Waals surface area contributed by atoms with Crippen molar-refractivity contribution in [3.8, 4) is 0 Å². The highest BCUT2D eigenvalue weighted by atomic mass is 32.2. The van der Waals surface area contributed by atoms with Crippen molar-refractivity contribution in [2.45, 2.75) is 12.5 Å². The third-order valence-electron chi connectivity index (χ3n) is 3.97. The fraction of sp³-hybridized carbons (Fsp3) is 0.312. The summed E-state index contributed by atoms with van der Waals surface area (Å²) in [6.07, 6.45) is 5.10. The van der Waals surface area contributed by atoms with E-state index in [1.165, 1.54) is 11.0 Å². The number of nitrogens with zero attached hydrogens (tertiary/aromatic N) is 3. The van der Waals surface area contributed by atoms with Gasteiger partial charge in [0.2, 0.25) is 5.91 Å². The molecule has 6 nitrogen and oxygen atoms in total. The van der Waals surface area contributed by atoms with Gasteiger partial charge in [0, 0.05) is 19.2 Å². The van der Waals surface area contributed by atoms with Crippen LogP contribution in [0.5, 0.6) is 0 Å². The number of likely N-dealkylation sites (N-methyl/N-ethyl adjacent to an activating group) is 1. The van der Waals surface area contributed by atoms with Crippen LogP contribution in [-0.2, 0) is 14.6 Å². The minimum atomic E-state index is -3.01. The van der Waals surface area contributed by atoms with Gasteiger partial charge in [-0.25, -0.2) is 13.4 Å². The molecule has 0 N–H and O–H groups in total. The van der Waals surface area contributed by atoms with E-state index in [1.54, 1.807) is 19.3 Å². The molecule has 1 aliphatic rings. The largest absolute Gasteiger partial charge is 0.338 e. The second kappa shape index (κ2) is 6.08. The SMILES string of the molecule is CN(C(=O)/C=C\c1cnc2ccccc2n1)[C@@H]1CCS(=O)(=O)C1. The van der Waals surface area contributed by atoms with Gasteiger partial charge in [0.1, 0.15) is 0 Å². The molecule has 0 radical (unpaired) electrons. The topological polar surface area (TPSA) is 80.2 Å². The van der Waals surface area contributed by atoms with E-state index in [4.69, 9.17) is 0 Å². The second-order valence-corrected chi connectivity index (χ2v) is 7.85. The highest BCUT2D eigenvalue weighted by Gasteiger charge is 2.31. The number of fused-ring (bicyclic) bond motifs is 1. The van der Waals surface area contributed by atoms with Gasteiger partial charge in [-0.2, -0.15) is 0 Å². The number of sulfone groups is 1. The first-order valence-corrected chi connectivity index (χ1v) is 9.14. The number of para-hydroxylation sites is 2. The standard InChI is InChI=1S/C16H17N3O3S/c1-19(13-8-9-23(21,22)11-13)16(20)7-6-12-10-17-14-4-2-3-5-15(14)18-12/h2-7,10,13H,8-9,11H2,1H3/b7-6-/t13-/m1/s1. The molecule has 0 aliphatic carbocycles. The quantitative estimate of drug-likeness (QED) is 0.792. The Hall–Kier alpha value is -2.28. The van der Waals surface area contributed by atoms with Crippen LogP contribution in [0.3, 0.4) is 0 Å². The lowest BCUT2D eigenvalue weighted by Gasteiger charge is -2.21. The normalized spacial score (nSPS) is 20.1. The van der Waals surface area contributed by atoms with E-state index in [1.807, 2.05) is 24.3 Å². The van der Waals surface area contributed by atoms with Crippen molar-refractivity contribution in [3.05, 3.63) is 42.2 Å². The van der Waals surface area contributed by atoms with Crippen LogP contribution in [0.1, 0.15) is 12.1 Å². The molecular formula is C16H17N3O3S. The van der Waals surface area contributed by atoms with Gasteiger partial charge in [-0.15, -0.1) is 0 Å². The molecule has 120 valence electrons. The van der Waals surface area contributed by atoms with E-state index in [2.05, 4.69) is 9.97 Å². The van der Waals surface area contributed by atoms with Crippen molar-refractivity contribution >= 4 is 32.9 Å². The van der Waals surface area contributed by atoms with Crippen LogP contribution in [0.25, 0.3) is 17.1 Å². The molecule has 1 fully saturated rings. The van der Waals surface area contributed by atoms with Crippen LogP contribution in [0.4, 0.5) is 0 Å². The molecule has 0 saturated carbocycles. The van der Waals surface area contributed by atoms with Crippen molar-refractivity contribution in [3.63, 3.8) is 0 Å². The highest BCUT2D eigenvalue weighted by molar-refractivity contribution is 7.91. The zero-order valence-electron chi connectivity index (χ0n) is 12.7. The van der Waals surface area contributed by atoms with E-state index >= 15 is 0 Å². The second-order valence-electron chi connectivity index (χ2n) is 5.62. The van der Waals surface area contributed by atoms with E-state index in [9.17, 15) is 13.2 Å². The van der Waals surface area contributed by atoms with E-state index in [0.29, 0.717) is 12.1 Å². The Morgan fingerprint density at radius 1 is 1.30 bits per heavy atom. The minimum absolute atomic E-state index is 0.0405. The van der Waals surface area contributed by atoms with E-state index < -0.39 is 9.84 Å². The molecule has 23 heavy (non-hydrogen) atoms. The van der Waals surface area contributed by atoms with Crippen LogP contribution in [0.2, 0.25) is 0 Å². The molecule has 0 spiro atoms. The van der Waals surface area contributed by atoms with Crippen molar-refractivity contribution in [1.82, 2.24) is 14.9 Å². The summed E-state index contributed by atoms with van der Waals surface area (Å²) >= 11 is 0. The molecule has 3 rings (SSSR count). The van der Waals surface area contributed by atoms with Gasteiger partial charge >= 0.3 is 0 Å². The van der Waals surface area contributed by atoms with E-state index in [0.717, 1.165) is 11.0 Å². The third-order valence-corrected chi connectivity index (χ3v) is 5.72. The fourth-order valence-corrected chi connectivity index (χ4v) is 4.36. The molecule has 0 bridgehead atoms.